The standard InChI is InChI=1S/C13H14O4/c1-2-10(14)9-5-3-4-6-11(9)17-12-7-8-16-13(12)15/h3-6,12H,2,7-8H2,1H3. The molecule has 0 aliphatic carbocycles. The normalized spacial score (nSPS) is 18.9. The Morgan fingerprint density at radius 2 is 2.24 bits per heavy atom. The highest BCUT2D eigenvalue weighted by molar-refractivity contribution is 5.98. The van der Waals surface area contributed by atoms with Crippen molar-refractivity contribution >= 4 is 11.8 Å². The molecule has 0 N–H and O–H groups in total. The maximum Gasteiger partial charge on any atom is 0.347 e. The molecule has 1 aliphatic heterocycles. The van der Waals surface area contributed by atoms with Gasteiger partial charge in [0, 0.05) is 12.8 Å². The fourth-order valence-corrected chi connectivity index (χ4v) is 1.73. The molecule has 0 radical (unpaired) electrons. The zero-order chi connectivity index (χ0) is 12.3. The molecule has 1 aromatic carbocycles. The first kappa shape index (κ1) is 11.6. The van der Waals surface area contributed by atoms with Gasteiger partial charge in [0.15, 0.2) is 11.9 Å². The fraction of sp³-hybridized carbons (Fsp3) is 0.385. The van der Waals surface area contributed by atoms with Crippen molar-refractivity contribution in [3.63, 3.8) is 0 Å². The number of carbonyl (C=O) groups excluding carboxylic acids is 2. The van der Waals surface area contributed by atoms with Crippen LogP contribution in [-0.2, 0) is 9.53 Å². The van der Waals surface area contributed by atoms with Crippen LogP contribution in [0.3, 0.4) is 0 Å². The van der Waals surface area contributed by atoms with Gasteiger partial charge in [-0.25, -0.2) is 4.79 Å². The summed E-state index contributed by atoms with van der Waals surface area (Å²) in [7, 11) is 0. The highest BCUT2D eigenvalue weighted by Gasteiger charge is 2.29. The van der Waals surface area contributed by atoms with Crippen LogP contribution in [0.25, 0.3) is 0 Å². The Hall–Kier alpha value is -1.84. The topological polar surface area (TPSA) is 52.6 Å². The molecule has 1 fully saturated rings. The van der Waals surface area contributed by atoms with Crippen LogP contribution in [0.4, 0.5) is 0 Å². The van der Waals surface area contributed by atoms with Crippen LogP contribution in [0.5, 0.6) is 5.75 Å². The maximum atomic E-state index is 11.7. The van der Waals surface area contributed by atoms with E-state index in [0.717, 1.165) is 0 Å². The maximum absolute atomic E-state index is 11.7. The smallest absolute Gasteiger partial charge is 0.347 e. The molecule has 0 spiro atoms. The molecule has 1 unspecified atom stereocenters. The molecular formula is C13H14O4. The van der Waals surface area contributed by atoms with E-state index in [9.17, 15) is 9.59 Å². The number of esters is 1. The zero-order valence-electron chi connectivity index (χ0n) is 9.64. The van der Waals surface area contributed by atoms with Crippen LogP contribution < -0.4 is 4.74 Å². The molecule has 2 rings (SSSR count). The lowest BCUT2D eigenvalue weighted by Gasteiger charge is -2.12. The minimum absolute atomic E-state index is 0.00645. The molecule has 4 heteroatoms. The van der Waals surface area contributed by atoms with Gasteiger partial charge < -0.3 is 9.47 Å². The van der Waals surface area contributed by atoms with E-state index in [0.29, 0.717) is 30.8 Å². The Kier molecular flexibility index (Phi) is 3.42. The summed E-state index contributed by atoms with van der Waals surface area (Å²) >= 11 is 0. The SMILES string of the molecule is CCC(=O)c1ccccc1OC1CCOC1=O. The first-order chi connectivity index (χ1) is 8.22. The Morgan fingerprint density at radius 3 is 2.88 bits per heavy atom. The second-order valence-electron chi connectivity index (χ2n) is 3.84. The van der Waals surface area contributed by atoms with Crippen molar-refractivity contribution in [3.05, 3.63) is 29.8 Å². The van der Waals surface area contributed by atoms with Gasteiger partial charge in [0.05, 0.1) is 12.2 Å². The van der Waals surface area contributed by atoms with E-state index in [-0.39, 0.29) is 11.8 Å². The van der Waals surface area contributed by atoms with Gasteiger partial charge >= 0.3 is 5.97 Å². The number of ether oxygens (including phenoxy) is 2. The predicted octanol–water partition coefficient (Wildman–Crippen LogP) is 1.97. The minimum atomic E-state index is -0.583. The molecule has 0 saturated carbocycles. The molecule has 1 aliphatic rings. The Labute approximate surface area is 99.5 Å². The van der Waals surface area contributed by atoms with Crippen molar-refractivity contribution in [2.45, 2.75) is 25.9 Å². The number of ketones is 1. The van der Waals surface area contributed by atoms with Crippen molar-refractivity contribution in [1.82, 2.24) is 0 Å². The molecule has 1 atom stereocenters. The fourth-order valence-electron chi connectivity index (χ4n) is 1.73. The number of carbonyl (C=O) groups is 2. The number of benzene rings is 1. The molecule has 1 saturated heterocycles. The van der Waals surface area contributed by atoms with Gasteiger partial charge in [-0.15, -0.1) is 0 Å². The molecule has 0 amide bonds. The van der Waals surface area contributed by atoms with Crippen molar-refractivity contribution in [2.75, 3.05) is 6.61 Å². The van der Waals surface area contributed by atoms with Crippen LogP contribution >= 0.6 is 0 Å². The average Bonchev–Trinajstić information content (AvgIpc) is 2.75. The summed E-state index contributed by atoms with van der Waals surface area (Å²) in [5.41, 5.74) is 0.523. The third-order valence-electron chi connectivity index (χ3n) is 2.67. The second-order valence-corrected chi connectivity index (χ2v) is 3.84. The van der Waals surface area contributed by atoms with E-state index in [4.69, 9.17) is 9.47 Å². The largest absolute Gasteiger partial charge is 0.478 e. The number of hydrogen-bond donors (Lipinski definition) is 0. The van der Waals surface area contributed by atoms with Crippen LogP contribution in [-0.4, -0.2) is 24.5 Å². The minimum Gasteiger partial charge on any atom is -0.478 e. The van der Waals surface area contributed by atoms with E-state index in [1.165, 1.54) is 0 Å². The van der Waals surface area contributed by atoms with Gasteiger partial charge in [-0.05, 0) is 12.1 Å². The summed E-state index contributed by atoms with van der Waals surface area (Å²) in [6, 6.07) is 6.97. The Bertz CT molecular complexity index is 439. The lowest BCUT2D eigenvalue weighted by Crippen LogP contribution is -2.22. The monoisotopic (exact) mass is 234 g/mol. The molecule has 1 heterocycles. The number of hydrogen-bond acceptors (Lipinski definition) is 4. The Morgan fingerprint density at radius 1 is 1.47 bits per heavy atom. The van der Waals surface area contributed by atoms with Crippen molar-refractivity contribution in [2.24, 2.45) is 0 Å². The van der Waals surface area contributed by atoms with Crippen LogP contribution in [0.15, 0.2) is 24.3 Å². The van der Waals surface area contributed by atoms with Crippen molar-refractivity contribution in [3.8, 4) is 5.75 Å². The van der Waals surface area contributed by atoms with E-state index < -0.39 is 6.10 Å². The highest BCUT2D eigenvalue weighted by atomic mass is 16.6. The lowest BCUT2D eigenvalue weighted by molar-refractivity contribution is -0.143. The van der Waals surface area contributed by atoms with Gasteiger partial charge in [-0.3, -0.25) is 4.79 Å². The van der Waals surface area contributed by atoms with Gasteiger partial charge in [0.1, 0.15) is 5.75 Å². The van der Waals surface area contributed by atoms with Crippen molar-refractivity contribution in [1.29, 1.82) is 0 Å². The summed E-state index contributed by atoms with van der Waals surface area (Å²) in [5, 5.41) is 0. The van der Waals surface area contributed by atoms with Gasteiger partial charge in [0.25, 0.3) is 0 Å². The first-order valence-electron chi connectivity index (χ1n) is 5.68. The van der Waals surface area contributed by atoms with E-state index in [2.05, 4.69) is 0 Å². The summed E-state index contributed by atoms with van der Waals surface area (Å²) in [6.45, 7) is 2.18. The van der Waals surface area contributed by atoms with Gasteiger partial charge in [-0.2, -0.15) is 0 Å². The molecule has 1 aromatic rings. The second kappa shape index (κ2) is 4.99. The molecule has 4 nitrogen and oxygen atoms in total. The number of rotatable bonds is 4. The first-order valence-corrected chi connectivity index (χ1v) is 5.68. The third kappa shape index (κ3) is 2.46. The predicted molar refractivity (Wildman–Crippen MR) is 61.1 cm³/mol. The van der Waals surface area contributed by atoms with Crippen molar-refractivity contribution < 1.29 is 19.1 Å². The zero-order valence-corrected chi connectivity index (χ0v) is 9.64. The van der Waals surface area contributed by atoms with Crippen LogP contribution in [0, 0.1) is 0 Å². The number of para-hydroxylation sites is 1. The summed E-state index contributed by atoms with van der Waals surface area (Å²) in [6.07, 6.45) is 0.365. The average molecular weight is 234 g/mol. The molecule has 90 valence electrons. The van der Waals surface area contributed by atoms with Gasteiger partial charge in [0.2, 0.25) is 0 Å². The quantitative estimate of drug-likeness (QED) is 0.590. The highest BCUT2D eigenvalue weighted by Crippen LogP contribution is 2.23. The number of cyclic esters (lactones) is 1. The molecule has 17 heavy (non-hydrogen) atoms. The summed E-state index contributed by atoms with van der Waals surface area (Å²) in [4.78, 5) is 23.0. The molecule has 0 bridgehead atoms. The Balaban J connectivity index is 2.20. The summed E-state index contributed by atoms with van der Waals surface area (Å²) < 4.78 is 10.4. The lowest BCUT2D eigenvalue weighted by atomic mass is 10.1. The summed E-state index contributed by atoms with van der Waals surface area (Å²) in [5.74, 6) is 0.110. The van der Waals surface area contributed by atoms with Gasteiger partial charge in [-0.1, -0.05) is 19.1 Å². The molecular weight excluding hydrogens is 220 g/mol. The van der Waals surface area contributed by atoms with E-state index >= 15 is 0 Å². The number of Topliss-reactive ketones (excluding diaryl/α,β-unsaturated/α-hetero) is 1. The van der Waals surface area contributed by atoms with E-state index in [1.54, 1.807) is 31.2 Å². The molecule has 0 aromatic heterocycles. The van der Waals surface area contributed by atoms with Crippen LogP contribution in [0.2, 0.25) is 0 Å². The third-order valence-corrected chi connectivity index (χ3v) is 2.67. The van der Waals surface area contributed by atoms with E-state index in [1.807, 2.05) is 0 Å². The van der Waals surface area contributed by atoms with Crippen LogP contribution in [0.1, 0.15) is 30.1 Å².